The molecule has 4 aliphatic carbocycles. The van der Waals surface area contributed by atoms with Gasteiger partial charge in [-0.05, 0) is 98.2 Å². The van der Waals surface area contributed by atoms with Gasteiger partial charge in [-0.1, -0.05) is 58.4 Å². The molecule has 18 nitrogen and oxygen atoms in total. The monoisotopic (exact) mass is 873 g/mol. The first kappa shape index (κ1) is 46.5. The standard InChI is InChI=1S/C36H59NO17S3/c1-19(21(3)33(40)37-15-16-50-55(41,42)43)7-8-20(2)25-9-10-26-24-18-29(52-34-31(39)30(38)32(22(4)51-34)54-57(47,48)49)28-17-23(53-56(44,45)46)11-13-36(28,6)27(24)12-14-35(25,26)5/h7-8,12,19-26,28-32,34,38-39H,9-11,13-18H2,1-6H3,(H,37,40)(H,41,42,43)(H,44,45,46)(H,47,48,49). The number of fused-ring (bicyclic) bond motifs is 5. The molecule has 328 valence electrons. The van der Waals surface area contributed by atoms with E-state index >= 15 is 0 Å². The molecule has 6 N–H and O–H groups in total. The maximum absolute atomic E-state index is 12.7. The van der Waals surface area contributed by atoms with E-state index in [-0.39, 0.29) is 66.4 Å². The van der Waals surface area contributed by atoms with E-state index in [4.69, 9.17) is 18.2 Å². The molecular formula is C36H59NO17S3. The molecule has 21 heteroatoms. The third kappa shape index (κ3) is 10.7. The molecule has 4 fully saturated rings. The number of allylic oxidation sites excluding steroid dienone is 4. The molecule has 1 heterocycles. The average molecular weight is 874 g/mol. The highest BCUT2D eigenvalue weighted by atomic mass is 32.3. The van der Waals surface area contributed by atoms with Crippen molar-refractivity contribution < 1.29 is 75.9 Å². The van der Waals surface area contributed by atoms with Crippen molar-refractivity contribution in [2.45, 2.75) is 129 Å². The zero-order valence-corrected chi connectivity index (χ0v) is 35.5. The number of hydrogen-bond acceptors (Lipinski definition) is 14. The lowest BCUT2D eigenvalue weighted by atomic mass is 9.47. The lowest BCUT2D eigenvalue weighted by molar-refractivity contribution is -0.312. The van der Waals surface area contributed by atoms with Crippen molar-refractivity contribution in [3.8, 4) is 0 Å². The Labute approximate surface area is 335 Å². The Morgan fingerprint density at radius 2 is 1.60 bits per heavy atom. The normalized spacial score (nSPS) is 40.3. The summed E-state index contributed by atoms with van der Waals surface area (Å²) < 4.78 is 122. The predicted octanol–water partition coefficient (Wildman–Crippen LogP) is 2.80. The van der Waals surface area contributed by atoms with Crippen LogP contribution in [0.2, 0.25) is 0 Å². The minimum absolute atomic E-state index is 0.0429. The van der Waals surface area contributed by atoms with Gasteiger partial charge in [-0.15, -0.1) is 0 Å². The summed E-state index contributed by atoms with van der Waals surface area (Å²) in [5, 5.41) is 24.6. The van der Waals surface area contributed by atoms with Crippen LogP contribution in [0.4, 0.5) is 0 Å². The molecule has 16 atom stereocenters. The van der Waals surface area contributed by atoms with Gasteiger partial charge in [0, 0.05) is 12.5 Å². The zero-order valence-electron chi connectivity index (χ0n) is 33.0. The average Bonchev–Trinajstić information content (AvgIpc) is 3.45. The van der Waals surface area contributed by atoms with E-state index in [1.165, 1.54) is 12.5 Å². The number of carbonyl (C=O) groups excluding carboxylic acids is 1. The quantitative estimate of drug-likeness (QED) is 0.0784. The third-order valence-corrected chi connectivity index (χ3v) is 15.3. The van der Waals surface area contributed by atoms with Crippen LogP contribution < -0.4 is 5.32 Å². The molecule has 0 aromatic carbocycles. The Bertz CT molecular complexity index is 1860. The Kier molecular flexibility index (Phi) is 14.2. The first-order valence-electron chi connectivity index (χ1n) is 19.5. The summed E-state index contributed by atoms with van der Waals surface area (Å²) in [6.07, 6.45) is 1.57. The summed E-state index contributed by atoms with van der Waals surface area (Å²) in [4.78, 5) is 12.7. The van der Waals surface area contributed by atoms with E-state index in [1.807, 2.05) is 13.0 Å². The van der Waals surface area contributed by atoms with Gasteiger partial charge in [0.15, 0.2) is 6.29 Å². The Morgan fingerprint density at radius 1 is 0.930 bits per heavy atom. The van der Waals surface area contributed by atoms with E-state index in [0.717, 1.165) is 19.3 Å². The molecule has 0 spiro atoms. The molecule has 0 aromatic heterocycles. The minimum Gasteiger partial charge on any atom is -0.387 e. The molecule has 0 aromatic rings. The van der Waals surface area contributed by atoms with Crippen LogP contribution in [0.25, 0.3) is 0 Å². The number of nitrogens with one attached hydrogen (secondary N) is 1. The highest BCUT2D eigenvalue weighted by Gasteiger charge is 2.61. The molecule has 16 unspecified atom stereocenters. The molecule has 5 aliphatic rings. The molecule has 57 heavy (non-hydrogen) atoms. The van der Waals surface area contributed by atoms with E-state index in [1.54, 1.807) is 6.92 Å². The Balaban J connectivity index is 1.34. The van der Waals surface area contributed by atoms with Crippen LogP contribution >= 0.6 is 0 Å². The Hall–Kier alpha value is -1.60. The van der Waals surface area contributed by atoms with Crippen molar-refractivity contribution in [1.82, 2.24) is 5.32 Å². The molecule has 1 saturated heterocycles. The number of aliphatic hydroxyl groups is 2. The number of carbonyl (C=O) groups is 1. The first-order valence-corrected chi connectivity index (χ1v) is 23.6. The number of rotatable bonds is 15. The van der Waals surface area contributed by atoms with E-state index in [2.05, 4.69) is 46.6 Å². The summed E-state index contributed by atoms with van der Waals surface area (Å²) in [6, 6.07) is 0. The maximum Gasteiger partial charge on any atom is 0.397 e. The molecule has 0 radical (unpaired) electrons. The van der Waals surface area contributed by atoms with Crippen molar-refractivity contribution >= 4 is 37.1 Å². The van der Waals surface area contributed by atoms with Crippen LogP contribution in [0.15, 0.2) is 23.8 Å². The van der Waals surface area contributed by atoms with Crippen LogP contribution in [0, 0.1) is 52.3 Å². The van der Waals surface area contributed by atoms with Crippen molar-refractivity contribution in [3.63, 3.8) is 0 Å². The largest absolute Gasteiger partial charge is 0.397 e. The van der Waals surface area contributed by atoms with Crippen LogP contribution in [0.3, 0.4) is 0 Å². The Morgan fingerprint density at radius 3 is 2.23 bits per heavy atom. The van der Waals surface area contributed by atoms with Crippen LogP contribution in [0.5, 0.6) is 0 Å². The van der Waals surface area contributed by atoms with Crippen molar-refractivity contribution in [2.24, 2.45) is 52.3 Å². The van der Waals surface area contributed by atoms with E-state index < -0.39 is 85.4 Å². The van der Waals surface area contributed by atoms with Gasteiger partial charge in [0.25, 0.3) is 0 Å². The second-order valence-electron chi connectivity index (χ2n) is 17.2. The van der Waals surface area contributed by atoms with Gasteiger partial charge in [0.05, 0.1) is 24.9 Å². The van der Waals surface area contributed by atoms with Crippen molar-refractivity contribution in [3.05, 3.63) is 23.8 Å². The smallest absolute Gasteiger partial charge is 0.387 e. The van der Waals surface area contributed by atoms with Crippen LogP contribution in [-0.2, 0) is 58.0 Å². The lowest BCUT2D eigenvalue weighted by Crippen LogP contribution is -2.61. The molecular weight excluding hydrogens is 815 g/mol. The first-order chi connectivity index (χ1) is 26.2. The van der Waals surface area contributed by atoms with Crippen LogP contribution in [-0.4, -0.2) is 111 Å². The van der Waals surface area contributed by atoms with Gasteiger partial charge in [-0.25, -0.2) is 12.5 Å². The topological polar surface area (TPSA) is 279 Å². The summed E-state index contributed by atoms with van der Waals surface area (Å²) in [7, 11) is -14.3. The fourth-order valence-corrected chi connectivity index (χ4v) is 12.1. The minimum atomic E-state index is -4.99. The molecule has 5 rings (SSSR count). The van der Waals surface area contributed by atoms with Gasteiger partial charge in [-0.2, -0.15) is 25.3 Å². The van der Waals surface area contributed by atoms with Crippen molar-refractivity contribution in [2.75, 3.05) is 13.2 Å². The highest BCUT2D eigenvalue weighted by molar-refractivity contribution is 7.81. The van der Waals surface area contributed by atoms with Crippen molar-refractivity contribution in [1.29, 1.82) is 0 Å². The highest BCUT2D eigenvalue weighted by Crippen LogP contribution is 2.67. The number of ether oxygens (including phenoxy) is 2. The van der Waals surface area contributed by atoms with Gasteiger partial charge < -0.3 is 25.0 Å². The maximum atomic E-state index is 12.7. The molecule has 1 amide bonds. The molecule has 0 bridgehead atoms. The van der Waals surface area contributed by atoms with Crippen LogP contribution in [0.1, 0.15) is 86.5 Å². The summed E-state index contributed by atoms with van der Waals surface area (Å²) >= 11 is 0. The van der Waals surface area contributed by atoms with Gasteiger partial charge in [0.1, 0.15) is 18.3 Å². The second-order valence-corrected chi connectivity index (χ2v) is 20.4. The van der Waals surface area contributed by atoms with E-state index in [9.17, 15) is 49.4 Å². The summed E-state index contributed by atoms with van der Waals surface area (Å²) in [5.41, 5.74) is 0.657. The molecule has 1 aliphatic heterocycles. The van der Waals surface area contributed by atoms with Gasteiger partial charge >= 0.3 is 31.2 Å². The fraction of sp³-hybridized carbons (Fsp3) is 0.861. The third-order valence-electron chi connectivity index (χ3n) is 13.8. The predicted molar refractivity (Wildman–Crippen MR) is 202 cm³/mol. The summed E-state index contributed by atoms with van der Waals surface area (Å²) in [5.74, 6) is -0.486. The fourth-order valence-electron chi connectivity index (χ4n) is 10.8. The number of hydrogen-bond donors (Lipinski definition) is 6. The number of aliphatic hydroxyl groups excluding tert-OH is 2. The van der Waals surface area contributed by atoms with Gasteiger partial charge in [0.2, 0.25) is 5.91 Å². The summed E-state index contributed by atoms with van der Waals surface area (Å²) in [6.45, 7) is 11.3. The number of amides is 1. The second kappa shape index (κ2) is 17.4. The SMILES string of the molecule is CC(C=CC(C)C1CCC2C3CC(OC4OC(C)C(OS(=O)(=O)O)C(O)C4O)C4CC(OS(=O)(=O)O)CCC4(C)C3=CCC12C)C(C)C(=O)NCCOS(=O)(=O)O. The van der Waals surface area contributed by atoms with Gasteiger partial charge in [-0.3, -0.25) is 18.5 Å². The zero-order chi connectivity index (χ0) is 42.5. The molecule has 3 saturated carbocycles. The lowest BCUT2D eigenvalue weighted by Gasteiger charge is -2.59. The van der Waals surface area contributed by atoms with E-state index in [0.29, 0.717) is 19.3 Å².